The van der Waals surface area contributed by atoms with Crippen molar-refractivity contribution >= 4 is 27.4 Å². The van der Waals surface area contributed by atoms with Crippen molar-refractivity contribution < 1.29 is 9.90 Å². The summed E-state index contributed by atoms with van der Waals surface area (Å²) < 4.78 is 1.25. The first-order chi connectivity index (χ1) is 7.25. The van der Waals surface area contributed by atoms with Crippen molar-refractivity contribution in [1.82, 2.24) is 0 Å². The minimum atomic E-state index is -0.892. The summed E-state index contributed by atoms with van der Waals surface area (Å²) in [5.74, 6) is -0.892. The standard InChI is InChI=1S/C12H10O2S/c13-12(14)7-3-5-10-8-9-4-1-2-6-11(9)15-10/h1-4,6-8H,5H2,(H,13,14). The van der Waals surface area contributed by atoms with Crippen molar-refractivity contribution in [3.05, 3.63) is 47.4 Å². The summed E-state index contributed by atoms with van der Waals surface area (Å²) >= 11 is 1.70. The third-order valence-electron chi connectivity index (χ3n) is 2.06. The number of aliphatic carboxylic acids is 1. The van der Waals surface area contributed by atoms with E-state index in [2.05, 4.69) is 18.2 Å². The molecule has 0 saturated carbocycles. The van der Waals surface area contributed by atoms with Crippen LogP contribution in [-0.4, -0.2) is 11.1 Å². The number of hydrogen-bond donors (Lipinski definition) is 1. The lowest BCUT2D eigenvalue weighted by atomic mass is 10.2. The fraction of sp³-hybridized carbons (Fsp3) is 0.0833. The minimum absolute atomic E-state index is 0.686. The Balaban J connectivity index is 2.19. The number of rotatable bonds is 3. The normalized spacial score (nSPS) is 11.2. The van der Waals surface area contributed by atoms with Gasteiger partial charge in [0.15, 0.2) is 0 Å². The van der Waals surface area contributed by atoms with Crippen LogP contribution in [0.15, 0.2) is 42.5 Å². The summed E-state index contributed by atoms with van der Waals surface area (Å²) in [7, 11) is 0. The zero-order chi connectivity index (χ0) is 10.7. The van der Waals surface area contributed by atoms with Crippen LogP contribution in [0, 0.1) is 0 Å². The van der Waals surface area contributed by atoms with Gasteiger partial charge in [0.25, 0.3) is 0 Å². The van der Waals surface area contributed by atoms with E-state index in [4.69, 9.17) is 5.11 Å². The molecule has 0 aliphatic carbocycles. The fourth-order valence-corrected chi connectivity index (χ4v) is 2.45. The summed E-state index contributed by atoms with van der Waals surface area (Å²) in [5, 5.41) is 9.67. The molecule has 0 spiro atoms. The van der Waals surface area contributed by atoms with Crippen LogP contribution in [0.25, 0.3) is 10.1 Å². The minimum Gasteiger partial charge on any atom is -0.478 e. The Morgan fingerprint density at radius 3 is 2.93 bits per heavy atom. The maximum absolute atomic E-state index is 10.3. The van der Waals surface area contributed by atoms with Crippen molar-refractivity contribution in [2.45, 2.75) is 6.42 Å². The average Bonchev–Trinajstić information content (AvgIpc) is 2.59. The molecule has 0 bridgehead atoms. The van der Waals surface area contributed by atoms with Crippen LogP contribution >= 0.6 is 11.3 Å². The first-order valence-corrected chi connectivity index (χ1v) is 5.44. The van der Waals surface area contributed by atoms with E-state index in [-0.39, 0.29) is 0 Å². The summed E-state index contributed by atoms with van der Waals surface area (Å²) in [6.07, 6.45) is 3.54. The second kappa shape index (κ2) is 4.28. The molecule has 76 valence electrons. The number of carboxylic acids is 1. The number of carboxylic acid groups (broad SMARTS) is 1. The fourth-order valence-electron chi connectivity index (χ4n) is 1.41. The highest BCUT2D eigenvalue weighted by atomic mass is 32.1. The molecular formula is C12H10O2S. The van der Waals surface area contributed by atoms with Gasteiger partial charge in [-0.25, -0.2) is 4.79 Å². The lowest BCUT2D eigenvalue weighted by molar-refractivity contribution is -0.131. The summed E-state index contributed by atoms with van der Waals surface area (Å²) in [6.45, 7) is 0. The number of carbonyl (C=O) groups is 1. The summed E-state index contributed by atoms with van der Waals surface area (Å²) in [6, 6.07) is 10.3. The molecule has 15 heavy (non-hydrogen) atoms. The molecule has 0 unspecified atom stereocenters. The van der Waals surface area contributed by atoms with E-state index in [9.17, 15) is 4.79 Å². The number of benzene rings is 1. The molecule has 0 radical (unpaired) electrons. The van der Waals surface area contributed by atoms with Crippen molar-refractivity contribution in [3.63, 3.8) is 0 Å². The molecule has 0 amide bonds. The second-order valence-corrected chi connectivity index (χ2v) is 4.36. The summed E-state index contributed by atoms with van der Waals surface area (Å²) in [5.41, 5.74) is 0. The lowest BCUT2D eigenvalue weighted by Crippen LogP contribution is -1.86. The van der Waals surface area contributed by atoms with E-state index in [1.54, 1.807) is 17.4 Å². The predicted octanol–water partition coefficient (Wildman–Crippen LogP) is 3.08. The van der Waals surface area contributed by atoms with Crippen molar-refractivity contribution in [1.29, 1.82) is 0 Å². The predicted molar refractivity (Wildman–Crippen MR) is 62.3 cm³/mol. The molecule has 2 aromatic rings. The highest BCUT2D eigenvalue weighted by molar-refractivity contribution is 7.19. The molecular weight excluding hydrogens is 208 g/mol. The third kappa shape index (κ3) is 2.44. The van der Waals surface area contributed by atoms with Crippen LogP contribution in [0.5, 0.6) is 0 Å². The Kier molecular flexibility index (Phi) is 2.83. The molecule has 2 rings (SSSR count). The molecule has 1 aromatic carbocycles. The van der Waals surface area contributed by atoms with E-state index in [1.165, 1.54) is 21.0 Å². The third-order valence-corrected chi connectivity index (χ3v) is 3.19. The topological polar surface area (TPSA) is 37.3 Å². The molecule has 0 atom stereocenters. The smallest absolute Gasteiger partial charge is 0.327 e. The SMILES string of the molecule is O=C(O)C=CCc1cc2ccccc2s1. The van der Waals surface area contributed by atoms with E-state index in [0.717, 1.165) is 0 Å². The van der Waals surface area contributed by atoms with Gasteiger partial charge in [0.1, 0.15) is 0 Å². The van der Waals surface area contributed by atoms with Gasteiger partial charge in [-0.15, -0.1) is 11.3 Å². The summed E-state index contributed by atoms with van der Waals surface area (Å²) in [4.78, 5) is 11.5. The molecule has 0 aliphatic rings. The first-order valence-electron chi connectivity index (χ1n) is 4.62. The van der Waals surface area contributed by atoms with Crippen molar-refractivity contribution in [2.75, 3.05) is 0 Å². The van der Waals surface area contributed by atoms with Crippen LogP contribution in [0.4, 0.5) is 0 Å². The van der Waals surface area contributed by atoms with Gasteiger partial charge >= 0.3 is 5.97 Å². The quantitative estimate of drug-likeness (QED) is 0.804. The van der Waals surface area contributed by atoms with Crippen LogP contribution < -0.4 is 0 Å². The van der Waals surface area contributed by atoms with Gasteiger partial charge in [-0.2, -0.15) is 0 Å². The molecule has 1 heterocycles. The monoisotopic (exact) mass is 218 g/mol. The Labute approximate surface area is 91.5 Å². The number of fused-ring (bicyclic) bond motifs is 1. The highest BCUT2D eigenvalue weighted by Gasteiger charge is 1.98. The zero-order valence-corrected chi connectivity index (χ0v) is 8.83. The van der Waals surface area contributed by atoms with Gasteiger partial charge in [-0.1, -0.05) is 24.3 Å². The van der Waals surface area contributed by atoms with Gasteiger partial charge in [0, 0.05) is 22.1 Å². The van der Waals surface area contributed by atoms with E-state index < -0.39 is 5.97 Å². The van der Waals surface area contributed by atoms with Gasteiger partial charge in [0.2, 0.25) is 0 Å². The van der Waals surface area contributed by atoms with Crippen molar-refractivity contribution in [2.24, 2.45) is 0 Å². The maximum Gasteiger partial charge on any atom is 0.327 e. The number of allylic oxidation sites excluding steroid dienone is 1. The number of hydrogen-bond acceptors (Lipinski definition) is 2. The van der Waals surface area contributed by atoms with Gasteiger partial charge in [-0.3, -0.25) is 0 Å². The van der Waals surface area contributed by atoms with Crippen LogP contribution in [0.3, 0.4) is 0 Å². The Morgan fingerprint density at radius 1 is 1.40 bits per heavy atom. The van der Waals surface area contributed by atoms with Crippen LogP contribution in [0.1, 0.15) is 4.88 Å². The molecule has 0 aliphatic heterocycles. The van der Waals surface area contributed by atoms with E-state index in [1.807, 2.05) is 12.1 Å². The van der Waals surface area contributed by atoms with E-state index >= 15 is 0 Å². The Morgan fingerprint density at radius 2 is 2.20 bits per heavy atom. The van der Waals surface area contributed by atoms with Gasteiger partial charge in [-0.05, 0) is 17.5 Å². The molecule has 2 nitrogen and oxygen atoms in total. The van der Waals surface area contributed by atoms with Gasteiger partial charge in [0.05, 0.1) is 0 Å². The van der Waals surface area contributed by atoms with Crippen LogP contribution in [-0.2, 0) is 11.2 Å². The van der Waals surface area contributed by atoms with E-state index in [0.29, 0.717) is 6.42 Å². The first kappa shape index (κ1) is 9.93. The Hall–Kier alpha value is -1.61. The number of thiophene rings is 1. The van der Waals surface area contributed by atoms with Gasteiger partial charge < -0.3 is 5.11 Å². The lowest BCUT2D eigenvalue weighted by Gasteiger charge is -1.85. The average molecular weight is 218 g/mol. The largest absolute Gasteiger partial charge is 0.478 e. The maximum atomic E-state index is 10.3. The van der Waals surface area contributed by atoms with Crippen molar-refractivity contribution in [3.8, 4) is 0 Å². The zero-order valence-electron chi connectivity index (χ0n) is 8.01. The molecule has 0 saturated heterocycles. The second-order valence-electron chi connectivity index (χ2n) is 3.20. The highest BCUT2D eigenvalue weighted by Crippen LogP contribution is 2.25. The molecule has 1 N–H and O–H groups in total. The molecule has 3 heteroatoms. The van der Waals surface area contributed by atoms with Crippen LogP contribution in [0.2, 0.25) is 0 Å². The Bertz CT molecular complexity index is 478. The molecule has 0 fully saturated rings. The molecule has 1 aromatic heterocycles.